The molecule has 4 heterocycles. The first-order valence-corrected chi connectivity index (χ1v) is 10.7. The quantitative estimate of drug-likeness (QED) is 0.478. The highest BCUT2D eigenvalue weighted by Gasteiger charge is 2.21. The number of fused-ring (bicyclic) bond motifs is 2. The highest BCUT2D eigenvalue weighted by atomic mass is 19.1. The normalized spacial score (nSPS) is 14.4. The van der Waals surface area contributed by atoms with Gasteiger partial charge in [-0.3, -0.25) is 14.2 Å². The molecule has 1 saturated carbocycles. The number of imidazole rings is 1. The molecule has 0 atom stereocenters. The molecule has 0 spiro atoms. The van der Waals surface area contributed by atoms with Crippen LogP contribution >= 0.6 is 0 Å². The van der Waals surface area contributed by atoms with Crippen LogP contribution in [-0.2, 0) is 17.9 Å². The van der Waals surface area contributed by atoms with Crippen molar-refractivity contribution >= 4 is 34.4 Å². The Kier molecular flexibility index (Phi) is 5.08. The van der Waals surface area contributed by atoms with Gasteiger partial charge in [0.2, 0.25) is 5.91 Å². The molecule has 0 unspecified atom stereocenters. The second-order valence-electron chi connectivity index (χ2n) is 7.93. The maximum atomic E-state index is 13.2. The van der Waals surface area contributed by atoms with Gasteiger partial charge in [0.25, 0.3) is 0 Å². The minimum atomic E-state index is -0.488. The number of anilines is 2. The number of carbonyl (C=O) groups excluding carboxylic acids is 1. The van der Waals surface area contributed by atoms with E-state index in [2.05, 4.69) is 25.7 Å². The number of aryl methyl sites for hydroxylation is 1. The highest BCUT2D eigenvalue weighted by molar-refractivity contribution is 5.91. The van der Waals surface area contributed by atoms with Gasteiger partial charge < -0.3 is 15.2 Å². The molecule has 1 fully saturated rings. The lowest BCUT2D eigenvalue weighted by atomic mass is 10.2. The lowest BCUT2D eigenvalue weighted by Crippen LogP contribution is -2.26. The second kappa shape index (κ2) is 8.06. The third kappa shape index (κ3) is 3.59. The molecular formula is C21H23FN8O2. The summed E-state index contributed by atoms with van der Waals surface area (Å²) < 4.78 is 17.8. The van der Waals surface area contributed by atoms with Gasteiger partial charge in [-0.15, -0.1) is 5.10 Å². The number of aromatic nitrogens is 6. The van der Waals surface area contributed by atoms with Gasteiger partial charge in [-0.1, -0.05) is 12.8 Å². The third-order valence-electron chi connectivity index (χ3n) is 5.78. The molecule has 2 N–H and O–H groups in total. The standard InChI is InChI=1S/C21H23FN8O2/c1-2-28-12-24-20-19(28)21(32)30-18(9-16(27-30)25-14-5-3-4-6-14)29(20)11-17(31)26-15-8-7-13(22)10-23-15/h7-10,12,14H,2-6,11H2,1H3,(H,25,27)(H,23,26,31). The minimum absolute atomic E-state index is 0.116. The zero-order valence-electron chi connectivity index (χ0n) is 17.6. The highest BCUT2D eigenvalue weighted by Crippen LogP contribution is 2.23. The van der Waals surface area contributed by atoms with Crippen LogP contribution in [0.3, 0.4) is 0 Å². The van der Waals surface area contributed by atoms with Gasteiger partial charge in [0, 0.05) is 18.7 Å². The smallest absolute Gasteiger partial charge is 0.300 e. The molecule has 0 bridgehead atoms. The zero-order chi connectivity index (χ0) is 22.2. The summed E-state index contributed by atoms with van der Waals surface area (Å²) in [6.07, 6.45) is 7.09. The number of nitrogens with one attached hydrogen (secondary N) is 2. The predicted octanol–water partition coefficient (Wildman–Crippen LogP) is 2.39. The lowest BCUT2D eigenvalue weighted by Gasteiger charge is -2.11. The minimum Gasteiger partial charge on any atom is -0.366 e. The number of halogens is 1. The first-order valence-electron chi connectivity index (χ1n) is 10.7. The van der Waals surface area contributed by atoms with Crippen molar-refractivity contribution in [3.8, 4) is 0 Å². The van der Waals surface area contributed by atoms with E-state index < -0.39 is 5.82 Å². The average molecular weight is 438 g/mol. The van der Waals surface area contributed by atoms with Crippen molar-refractivity contribution in [2.75, 3.05) is 10.6 Å². The van der Waals surface area contributed by atoms with E-state index in [0.29, 0.717) is 35.2 Å². The summed E-state index contributed by atoms with van der Waals surface area (Å²) in [6, 6.07) is 4.71. The molecule has 166 valence electrons. The Morgan fingerprint density at radius 2 is 2.03 bits per heavy atom. The van der Waals surface area contributed by atoms with Gasteiger partial charge in [-0.25, -0.2) is 14.4 Å². The summed E-state index contributed by atoms with van der Waals surface area (Å²) in [6.45, 7) is 2.35. The first kappa shape index (κ1) is 20.2. The monoisotopic (exact) mass is 438 g/mol. The van der Waals surface area contributed by atoms with Crippen molar-refractivity contribution in [2.45, 2.75) is 51.7 Å². The summed E-state index contributed by atoms with van der Waals surface area (Å²) in [5.74, 6) is -0.0352. The van der Waals surface area contributed by atoms with Crippen molar-refractivity contribution in [3.05, 3.63) is 46.9 Å². The number of rotatable bonds is 6. The molecule has 1 aliphatic rings. The van der Waals surface area contributed by atoms with Gasteiger partial charge in [-0.05, 0) is 31.9 Å². The van der Waals surface area contributed by atoms with E-state index >= 15 is 0 Å². The summed E-state index contributed by atoms with van der Waals surface area (Å²) >= 11 is 0. The summed E-state index contributed by atoms with van der Waals surface area (Å²) in [4.78, 5) is 34.2. The average Bonchev–Trinajstić information content (AvgIpc) is 3.53. The van der Waals surface area contributed by atoms with Gasteiger partial charge in [0.05, 0.1) is 12.5 Å². The summed E-state index contributed by atoms with van der Waals surface area (Å²) in [7, 11) is 0. The van der Waals surface area contributed by atoms with E-state index in [9.17, 15) is 14.0 Å². The fourth-order valence-electron chi connectivity index (χ4n) is 4.23. The topological polar surface area (TPSA) is 111 Å². The molecular weight excluding hydrogens is 415 g/mol. The molecule has 32 heavy (non-hydrogen) atoms. The number of hydrogen-bond acceptors (Lipinski definition) is 6. The van der Waals surface area contributed by atoms with Crippen LogP contribution in [0.25, 0.3) is 16.8 Å². The molecule has 5 rings (SSSR count). The Morgan fingerprint density at radius 3 is 2.75 bits per heavy atom. The molecule has 4 aromatic heterocycles. The fourth-order valence-corrected chi connectivity index (χ4v) is 4.23. The van der Waals surface area contributed by atoms with Crippen molar-refractivity contribution in [1.29, 1.82) is 0 Å². The van der Waals surface area contributed by atoms with Gasteiger partial charge in [0.15, 0.2) is 17.0 Å². The van der Waals surface area contributed by atoms with Crippen molar-refractivity contribution in [1.82, 2.24) is 28.7 Å². The van der Waals surface area contributed by atoms with Crippen LogP contribution in [-0.4, -0.2) is 40.7 Å². The maximum Gasteiger partial charge on any atom is 0.300 e. The van der Waals surface area contributed by atoms with E-state index in [1.165, 1.54) is 29.5 Å². The largest absolute Gasteiger partial charge is 0.366 e. The van der Waals surface area contributed by atoms with Crippen LogP contribution in [0.5, 0.6) is 0 Å². The Hall–Kier alpha value is -3.76. The summed E-state index contributed by atoms with van der Waals surface area (Å²) in [5, 5.41) is 10.5. The number of carbonyl (C=O) groups is 1. The predicted molar refractivity (Wildman–Crippen MR) is 117 cm³/mol. The molecule has 1 amide bonds. The maximum absolute atomic E-state index is 13.2. The second-order valence-corrected chi connectivity index (χ2v) is 7.93. The van der Waals surface area contributed by atoms with Gasteiger partial charge in [0.1, 0.15) is 23.8 Å². The summed E-state index contributed by atoms with van der Waals surface area (Å²) in [5.41, 5.74) is 0.958. The fraction of sp³-hybridized carbons (Fsp3) is 0.381. The van der Waals surface area contributed by atoms with Crippen LogP contribution in [0, 0.1) is 5.82 Å². The Morgan fingerprint density at radius 1 is 1.22 bits per heavy atom. The Bertz CT molecular complexity index is 1350. The van der Waals surface area contributed by atoms with E-state index in [1.807, 2.05) is 6.92 Å². The first-order chi connectivity index (χ1) is 15.5. The SMILES string of the molecule is CCn1cnc2c1c(=O)n1nc(NC3CCCC3)cc1n2CC(=O)Nc1ccc(F)cn1. The molecule has 0 aliphatic heterocycles. The molecule has 0 saturated heterocycles. The number of amides is 1. The molecule has 1 aliphatic carbocycles. The van der Waals surface area contributed by atoms with Gasteiger partial charge >= 0.3 is 5.56 Å². The Labute approximate surface area is 182 Å². The van der Waals surface area contributed by atoms with Crippen LogP contribution < -0.4 is 16.2 Å². The van der Waals surface area contributed by atoms with Crippen LogP contribution in [0.15, 0.2) is 35.5 Å². The van der Waals surface area contributed by atoms with Crippen molar-refractivity contribution in [2.24, 2.45) is 0 Å². The van der Waals surface area contributed by atoms with E-state index in [0.717, 1.165) is 19.0 Å². The van der Waals surface area contributed by atoms with Crippen molar-refractivity contribution < 1.29 is 9.18 Å². The zero-order valence-corrected chi connectivity index (χ0v) is 17.6. The number of nitrogens with zero attached hydrogens (tertiary/aromatic N) is 6. The molecule has 4 aromatic rings. The molecule has 0 aromatic carbocycles. The molecule has 10 nitrogen and oxygen atoms in total. The van der Waals surface area contributed by atoms with Crippen LogP contribution in [0.2, 0.25) is 0 Å². The Balaban J connectivity index is 1.56. The third-order valence-corrected chi connectivity index (χ3v) is 5.78. The van der Waals surface area contributed by atoms with E-state index in [4.69, 9.17) is 0 Å². The van der Waals surface area contributed by atoms with E-state index in [-0.39, 0.29) is 23.8 Å². The number of pyridine rings is 1. The van der Waals surface area contributed by atoms with Crippen LogP contribution in [0.4, 0.5) is 16.0 Å². The molecule has 11 heteroatoms. The van der Waals surface area contributed by atoms with Crippen molar-refractivity contribution in [3.63, 3.8) is 0 Å². The van der Waals surface area contributed by atoms with Crippen LogP contribution in [0.1, 0.15) is 32.6 Å². The number of hydrogen-bond donors (Lipinski definition) is 2. The lowest BCUT2D eigenvalue weighted by molar-refractivity contribution is -0.116. The van der Waals surface area contributed by atoms with E-state index in [1.54, 1.807) is 21.5 Å². The molecule has 0 radical (unpaired) electrons. The van der Waals surface area contributed by atoms with Gasteiger partial charge in [-0.2, -0.15) is 4.52 Å².